The average molecular weight is 722 g/mol. The SMILES string of the molecule is CCOC(=O)N1c2ccc(C(F)(F)F)cc2[C@@H](c2ncc(NCC(C)C(=O)O)c(Cc3cc(C(F)(F)F)cc(C(F)(F)F)c3)n2)C[C@@]1(N)CC. The van der Waals surface area contributed by atoms with E-state index < -0.39 is 76.8 Å². The van der Waals surface area contributed by atoms with Crippen LogP contribution in [0.4, 0.5) is 55.7 Å². The minimum atomic E-state index is -5.15. The molecule has 3 atom stereocenters. The van der Waals surface area contributed by atoms with Crippen LogP contribution < -0.4 is 16.0 Å². The van der Waals surface area contributed by atoms with E-state index in [9.17, 15) is 54.2 Å². The number of nitrogens with zero attached hydrogens (tertiary/aromatic N) is 3. The van der Waals surface area contributed by atoms with Crippen LogP contribution in [0.3, 0.4) is 0 Å². The van der Waals surface area contributed by atoms with Crippen molar-refractivity contribution in [2.45, 2.75) is 70.1 Å². The highest BCUT2D eigenvalue weighted by atomic mass is 19.4. The molecule has 0 saturated heterocycles. The first-order valence-electron chi connectivity index (χ1n) is 15.2. The number of rotatable bonds is 9. The van der Waals surface area contributed by atoms with Gasteiger partial charge in [0.1, 0.15) is 11.5 Å². The first-order valence-corrected chi connectivity index (χ1v) is 15.2. The molecule has 2 aromatic carbocycles. The minimum Gasteiger partial charge on any atom is -0.481 e. The van der Waals surface area contributed by atoms with E-state index >= 15 is 0 Å². The number of benzene rings is 2. The van der Waals surface area contributed by atoms with Gasteiger partial charge in [0.05, 0.1) is 52.5 Å². The molecular formula is C32H32F9N5O4. The van der Waals surface area contributed by atoms with Crippen molar-refractivity contribution >= 4 is 23.4 Å². The summed E-state index contributed by atoms with van der Waals surface area (Å²) in [5.41, 5.74) is 0.0320. The van der Waals surface area contributed by atoms with Crippen LogP contribution in [0, 0.1) is 5.92 Å². The Morgan fingerprint density at radius 2 is 1.60 bits per heavy atom. The number of carbonyl (C=O) groups excluding carboxylic acids is 1. The number of anilines is 2. The number of carboxylic acids is 1. The lowest BCUT2D eigenvalue weighted by atomic mass is 9.80. The van der Waals surface area contributed by atoms with Crippen LogP contribution in [0.25, 0.3) is 0 Å². The van der Waals surface area contributed by atoms with Crippen LogP contribution in [0.1, 0.15) is 78.9 Å². The Bertz CT molecular complexity index is 1710. The van der Waals surface area contributed by atoms with E-state index in [0.717, 1.165) is 29.3 Å². The maximum Gasteiger partial charge on any atom is 0.416 e. The summed E-state index contributed by atoms with van der Waals surface area (Å²) in [6.45, 7) is 4.14. The fourth-order valence-electron chi connectivity index (χ4n) is 5.56. The van der Waals surface area contributed by atoms with Gasteiger partial charge in [0.25, 0.3) is 0 Å². The maximum atomic E-state index is 13.9. The zero-order valence-corrected chi connectivity index (χ0v) is 26.7. The van der Waals surface area contributed by atoms with Crippen molar-refractivity contribution in [1.29, 1.82) is 0 Å². The Morgan fingerprint density at radius 3 is 2.12 bits per heavy atom. The molecule has 0 radical (unpaired) electrons. The van der Waals surface area contributed by atoms with Crippen LogP contribution in [-0.2, 0) is 34.5 Å². The van der Waals surface area contributed by atoms with Crippen molar-refractivity contribution in [3.63, 3.8) is 0 Å². The van der Waals surface area contributed by atoms with E-state index in [1.807, 2.05) is 0 Å². The molecule has 1 amide bonds. The summed E-state index contributed by atoms with van der Waals surface area (Å²) in [5, 5.41) is 12.1. The summed E-state index contributed by atoms with van der Waals surface area (Å²) >= 11 is 0. The van der Waals surface area contributed by atoms with Gasteiger partial charge >= 0.3 is 30.6 Å². The molecule has 2 heterocycles. The Balaban J connectivity index is 1.93. The Morgan fingerprint density at radius 1 is 1.00 bits per heavy atom. The molecule has 0 spiro atoms. The van der Waals surface area contributed by atoms with E-state index in [0.29, 0.717) is 12.1 Å². The monoisotopic (exact) mass is 721 g/mol. The topological polar surface area (TPSA) is 131 Å². The van der Waals surface area contributed by atoms with Crippen LogP contribution in [-0.4, -0.2) is 46.0 Å². The number of amides is 1. The number of aliphatic carboxylic acids is 1. The molecule has 0 bridgehead atoms. The Labute approximate surface area is 279 Å². The second-order valence-corrected chi connectivity index (χ2v) is 11.8. The highest BCUT2D eigenvalue weighted by Gasteiger charge is 2.47. The number of aromatic nitrogens is 2. The van der Waals surface area contributed by atoms with Crippen LogP contribution in [0.5, 0.6) is 0 Å². The molecular weight excluding hydrogens is 689 g/mol. The normalized spacial score (nSPS) is 18.7. The molecule has 1 aromatic heterocycles. The fraction of sp³-hybridized carbons (Fsp3) is 0.438. The van der Waals surface area contributed by atoms with Crippen molar-refractivity contribution in [2.24, 2.45) is 11.7 Å². The number of nitrogens with two attached hydrogens (primary N) is 1. The summed E-state index contributed by atoms with van der Waals surface area (Å²) in [6.07, 6.45) is -15.8. The van der Waals surface area contributed by atoms with Crippen LogP contribution in [0.15, 0.2) is 42.6 Å². The second-order valence-electron chi connectivity index (χ2n) is 11.8. The number of alkyl halides is 9. The van der Waals surface area contributed by atoms with Crippen molar-refractivity contribution in [3.8, 4) is 0 Å². The summed E-state index contributed by atoms with van der Waals surface area (Å²) in [5.74, 6) is -3.59. The summed E-state index contributed by atoms with van der Waals surface area (Å²) in [4.78, 5) is 34.3. The lowest BCUT2D eigenvalue weighted by Crippen LogP contribution is -2.61. The highest BCUT2D eigenvalue weighted by molar-refractivity contribution is 5.91. The number of carboxylic acid groups (broad SMARTS) is 1. The molecule has 0 aliphatic carbocycles. The first kappa shape index (κ1) is 38.2. The summed E-state index contributed by atoms with van der Waals surface area (Å²) < 4.78 is 129. The standard InChI is InChI=1S/C32H32F9N5O4/c1-4-29(42)13-22(21-12-18(30(33,34)35)6-7-25(21)46(29)28(49)50-5-2)26-44-15-24(43-14-16(3)27(47)48)23(45-26)10-17-8-19(31(36,37)38)11-20(9-17)32(39,40)41/h6-9,11-12,15-16,22,43H,4-5,10,13-14,42H2,1-3H3,(H,47,48)/t16?,22-,29+/m0/s1. The quantitative estimate of drug-likeness (QED) is 0.191. The van der Waals surface area contributed by atoms with Crippen LogP contribution >= 0.6 is 0 Å². The molecule has 50 heavy (non-hydrogen) atoms. The molecule has 0 fully saturated rings. The molecule has 1 aliphatic rings. The minimum absolute atomic E-state index is 0.0410. The maximum absolute atomic E-state index is 13.9. The second kappa shape index (κ2) is 14.0. The van der Waals surface area contributed by atoms with E-state index in [1.165, 1.54) is 13.8 Å². The largest absolute Gasteiger partial charge is 0.481 e. The number of hydrogen-bond acceptors (Lipinski definition) is 7. The number of nitrogens with one attached hydrogen (secondary N) is 1. The van der Waals surface area contributed by atoms with Gasteiger partial charge in [-0.2, -0.15) is 39.5 Å². The Hall–Kier alpha value is -4.61. The zero-order valence-electron chi connectivity index (χ0n) is 26.7. The molecule has 0 saturated carbocycles. The molecule has 1 aliphatic heterocycles. The lowest BCUT2D eigenvalue weighted by molar-refractivity contribution is -0.143. The van der Waals surface area contributed by atoms with Crippen molar-refractivity contribution in [3.05, 3.63) is 81.9 Å². The summed E-state index contributed by atoms with van der Waals surface area (Å²) in [7, 11) is 0. The first-order chi connectivity index (χ1) is 23.1. The third-order valence-electron chi connectivity index (χ3n) is 8.27. The van der Waals surface area contributed by atoms with Crippen molar-refractivity contribution < 1.29 is 58.9 Å². The summed E-state index contributed by atoms with van der Waals surface area (Å²) in [6, 6.07) is 3.55. The smallest absolute Gasteiger partial charge is 0.416 e. The van der Waals surface area contributed by atoms with Crippen molar-refractivity contribution in [2.75, 3.05) is 23.4 Å². The molecule has 1 unspecified atom stereocenters. The number of halogens is 9. The van der Waals surface area contributed by atoms with Gasteiger partial charge in [-0.15, -0.1) is 0 Å². The van der Waals surface area contributed by atoms with E-state index in [2.05, 4.69) is 15.3 Å². The predicted molar refractivity (Wildman–Crippen MR) is 161 cm³/mol. The number of ether oxygens (including phenoxy) is 1. The van der Waals surface area contributed by atoms with Crippen molar-refractivity contribution in [1.82, 2.24) is 9.97 Å². The lowest BCUT2D eigenvalue weighted by Gasteiger charge is -2.46. The van der Waals surface area contributed by atoms with Gasteiger partial charge < -0.3 is 20.9 Å². The molecule has 272 valence electrons. The van der Waals surface area contributed by atoms with Gasteiger partial charge in [0.2, 0.25) is 0 Å². The fourth-order valence-corrected chi connectivity index (χ4v) is 5.56. The zero-order chi connectivity index (χ0) is 37.4. The van der Waals surface area contributed by atoms with Gasteiger partial charge in [0, 0.05) is 18.9 Å². The van der Waals surface area contributed by atoms with E-state index in [1.54, 1.807) is 6.92 Å². The van der Waals surface area contributed by atoms with E-state index in [4.69, 9.17) is 10.5 Å². The number of hydrogen-bond donors (Lipinski definition) is 3. The van der Waals surface area contributed by atoms with Gasteiger partial charge in [-0.3, -0.25) is 9.69 Å². The molecule has 4 N–H and O–H groups in total. The van der Waals surface area contributed by atoms with Crippen LogP contribution in [0.2, 0.25) is 0 Å². The average Bonchev–Trinajstić information content (AvgIpc) is 3.02. The molecule has 4 rings (SSSR count). The third kappa shape index (κ3) is 8.22. The molecule has 9 nitrogen and oxygen atoms in total. The highest BCUT2D eigenvalue weighted by Crippen LogP contribution is 2.47. The number of carbonyl (C=O) groups is 2. The predicted octanol–water partition coefficient (Wildman–Crippen LogP) is 7.82. The van der Waals surface area contributed by atoms with Gasteiger partial charge in [-0.1, -0.05) is 13.8 Å². The van der Waals surface area contributed by atoms with Gasteiger partial charge in [0.15, 0.2) is 0 Å². The van der Waals surface area contributed by atoms with Gasteiger partial charge in [-0.25, -0.2) is 14.8 Å². The van der Waals surface area contributed by atoms with E-state index in [-0.39, 0.29) is 60.5 Å². The molecule has 18 heteroatoms. The van der Waals surface area contributed by atoms with Gasteiger partial charge in [-0.05, 0) is 67.3 Å². The Kier molecular flexibility index (Phi) is 10.7. The molecule has 3 aromatic rings. The third-order valence-corrected chi connectivity index (χ3v) is 8.27. The number of fused-ring (bicyclic) bond motifs is 1.